The molecule has 0 amide bonds. The summed E-state index contributed by atoms with van der Waals surface area (Å²) >= 11 is -1.23. The molecule has 0 fully saturated rings. The van der Waals surface area contributed by atoms with E-state index in [1.54, 1.807) is 0 Å². The maximum absolute atomic E-state index is 11.6. The lowest BCUT2D eigenvalue weighted by atomic mass is 10.3. The molecular formula is C11H17NO2S. The summed E-state index contributed by atoms with van der Waals surface area (Å²) in [6, 6.07) is 1.89. The minimum atomic E-state index is -1.23. The van der Waals surface area contributed by atoms with E-state index in [4.69, 9.17) is 4.42 Å². The smallest absolute Gasteiger partial charge is 0.150 e. The van der Waals surface area contributed by atoms with Crippen molar-refractivity contribution in [3.63, 3.8) is 0 Å². The summed E-state index contributed by atoms with van der Waals surface area (Å²) in [6.07, 6.45) is 1.53. The van der Waals surface area contributed by atoms with Crippen LogP contribution in [0.25, 0.3) is 0 Å². The Hall–Kier alpha value is -0.740. The summed E-state index contributed by atoms with van der Waals surface area (Å²) in [6.45, 7) is 9.53. The highest BCUT2D eigenvalue weighted by Gasteiger charge is 2.25. The van der Waals surface area contributed by atoms with E-state index < -0.39 is 11.4 Å². The molecule has 0 bridgehead atoms. The second-order valence-electron chi connectivity index (χ2n) is 4.48. The molecule has 0 aliphatic heterocycles. The summed E-state index contributed by atoms with van der Waals surface area (Å²) < 4.78 is 20.6. The third-order valence-electron chi connectivity index (χ3n) is 1.98. The zero-order chi connectivity index (χ0) is 11.6. The fourth-order valence-electron chi connectivity index (χ4n) is 0.923. The van der Waals surface area contributed by atoms with Gasteiger partial charge >= 0.3 is 0 Å². The molecule has 1 atom stereocenters. The molecule has 15 heavy (non-hydrogen) atoms. The first-order valence-corrected chi connectivity index (χ1v) is 5.94. The quantitative estimate of drug-likeness (QED) is 0.576. The average molecular weight is 227 g/mol. The van der Waals surface area contributed by atoms with Gasteiger partial charge in [0.1, 0.15) is 33.8 Å². The second kappa shape index (κ2) is 4.41. The van der Waals surface area contributed by atoms with Gasteiger partial charge in [-0.15, -0.1) is 0 Å². The summed E-state index contributed by atoms with van der Waals surface area (Å²) in [5.74, 6) is 1.53. The van der Waals surface area contributed by atoms with Crippen molar-refractivity contribution in [2.75, 3.05) is 0 Å². The van der Waals surface area contributed by atoms with Gasteiger partial charge in [-0.05, 0) is 46.2 Å². The van der Waals surface area contributed by atoms with Crippen LogP contribution in [0.15, 0.2) is 14.9 Å². The maximum atomic E-state index is 11.6. The molecule has 4 heteroatoms. The van der Waals surface area contributed by atoms with Gasteiger partial charge in [0.25, 0.3) is 0 Å². The normalized spacial score (nSPS) is 14.8. The standard InChI is InChI=1S/C11H17NO2S/c1-8-6-10(14-9(8)2)7-12-15(13)11(3,4)5/h6-7H,1-5H3/b12-7+. The Balaban J connectivity index is 2.74. The lowest BCUT2D eigenvalue weighted by molar-refractivity contribution is 0.525. The molecule has 1 heterocycles. The zero-order valence-corrected chi connectivity index (χ0v) is 10.6. The van der Waals surface area contributed by atoms with Gasteiger partial charge in [-0.2, -0.15) is 0 Å². The van der Waals surface area contributed by atoms with Crippen LogP contribution in [0, 0.1) is 13.8 Å². The van der Waals surface area contributed by atoms with Gasteiger partial charge in [0.05, 0.1) is 0 Å². The summed E-state index contributed by atoms with van der Waals surface area (Å²) in [5, 5.41) is 0. The highest BCUT2D eigenvalue weighted by Crippen LogP contribution is 2.17. The molecule has 1 aromatic heterocycles. The SMILES string of the molecule is Cc1cc(/C=N/[S+]([O-])C(C)(C)C)oc1C. The van der Waals surface area contributed by atoms with E-state index in [0.29, 0.717) is 5.76 Å². The minimum absolute atomic E-state index is 0.326. The summed E-state index contributed by atoms with van der Waals surface area (Å²) in [5.41, 5.74) is 1.08. The zero-order valence-electron chi connectivity index (χ0n) is 9.83. The molecule has 0 saturated carbocycles. The third kappa shape index (κ3) is 3.39. The van der Waals surface area contributed by atoms with Crippen LogP contribution in [0.4, 0.5) is 0 Å². The Morgan fingerprint density at radius 1 is 1.40 bits per heavy atom. The average Bonchev–Trinajstić information content (AvgIpc) is 2.41. The van der Waals surface area contributed by atoms with E-state index in [1.165, 1.54) is 6.21 Å². The number of hydrogen-bond donors (Lipinski definition) is 0. The summed E-state index contributed by atoms with van der Waals surface area (Å²) in [7, 11) is 0. The molecule has 1 unspecified atom stereocenters. The molecule has 0 radical (unpaired) electrons. The van der Waals surface area contributed by atoms with Crippen molar-refractivity contribution in [1.82, 2.24) is 0 Å². The van der Waals surface area contributed by atoms with Crippen molar-refractivity contribution in [1.29, 1.82) is 0 Å². The first kappa shape index (κ1) is 12.3. The van der Waals surface area contributed by atoms with Crippen LogP contribution in [-0.4, -0.2) is 15.5 Å². The first-order valence-electron chi connectivity index (χ1n) is 4.84. The van der Waals surface area contributed by atoms with Crippen molar-refractivity contribution in [2.24, 2.45) is 4.40 Å². The van der Waals surface area contributed by atoms with Crippen molar-refractivity contribution < 1.29 is 8.97 Å². The molecule has 0 aliphatic rings. The lowest BCUT2D eigenvalue weighted by Crippen LogP contribution is -2.25. The fourth-order valence-corrected chi connectivity index (χ4v) is 1.44. The third-order valence-corrected chi connectivity index (χ3v) is 3.33. The number of nitrogens with zero attached hydrogens (tertiary/aromatic N) is 1. The Morgan fingerprint density at radius 3 is 2.40 bits per heavy atom. The molecule has 84 valence electrons. The molecule has 3 nitrogen and oxygen atoms in total. The Morgan fingerprint density at radius 2 is 2.00 bits per heavy atom. The molecule has 0 aromatic carbocycles. The van der Waals surface area contributed by atoms with Gasteiger partial charge in [-0.25, -0.2) is 0 Å². The van der Waals surface area contributed by atoms with Crippen LogP contribution >= 0.6 is 0 Å². The largest absolute Gasteiger partial charge is 0.591 e. The van der Waals surface area contributed by atoms with Crippen molar-refractivity contribution >= 4 is 17.6 Å². The lowest BCUT2D eigenvalue weighted by Gasteiger charge is -2.17. The fraction of sp³-hybridized carbons (Fsp3) is 0.545. The molecular weight excluding hydrogens is 210 g/mol. The van der Waals surface area contributed by atoms with Gasteiger partial charge in [-0.1, -0.05) is 4.40 Å². The molecule has 0 saturated heterocycles. The van der Waals surface area contributed by atoms with E-state index in [9.17, 15) is 4.55 Å². The van der Waals surface area contributed by atoms with Crippen LogP contribution in [0.1, 0.15) is 37.9 Å². The molecule has 1 aromatic rings. The van der Waals surface area contributed by atoms with Crippen LogP contribution in [0.3, 0.4) is 0 Å². The second-order valence-corrected chi connectivity index (χ2v) is 6.42. The Kier molecular flexibility index (Phi) is 3.62. The van der Waals surface area contributed by atoms with Crippen molar-refractivity contribution in [2.45, 2.75) is 39.4 Å². The highest BCUT2D eigenvalue weighted by atomic mass is 32.2. The number of furan rings is 1. The Bertz CT molecular complexity index is 344. The van der Waals surface area contributed by atoms with Gasteiger partial charge in [0.2, 0.25) is 0 Å². The van der Waals surface area contributed by atoms with E-state index in [-0.39, 0.29) is 4.75 Å². The predicted octanol–water partition coefficient (Wildman–Crippen LogP) is 2.78. The van der Waals surface area contributed by atoms with Crippen molar-refractivity contribution in [3.05, 3.63) is 23.2 Å². The van der Waals surface area contributed by atoms with Gasteiger partial charge in [0, 0.05) is 0 Å². The van der Waals surface area contributed by atoms with Gasteiger partial charge in [-0.3, -0.25) is 0 Å². The van der Waals surface area contributed by atoms with Crippen LogP contribution < -0.4 is 0 Å². The number of rotatable bonds is 2. The van der Waals surface area contributed by atoms with Gasteiger partial charge < -0.3 is 8.97 Å². The predicted molar refractivity (Wildman–Crippen MR) is 63.7 cm³/mol. The van der Waals surface area contributed by atoms with Crippen LogP contribution in [0.5, 0.6) is 0 Å². The van der Waals surface area contributed by atoms with Crippen LogP contribution in [0.2, 0.25) is 0 Å². The summed E-state index contributed by atoms with van der Waals surface area (Å²) in [4.78, 5) is 0. The topological polar surface area (TPSA) is 48.6 Å². The van der Waals surface area contributed by atoms with E-state index in [0.717, 1.165) is 11.3 Å². The molecule has 0 N–H and O–H groups in total. The monoisotopic (exact) mass is 227 g/mol. The number of hydrogen-bond acceptors (Lipinski definition) is 3. The van der Waals surface area contributed by atoms with Crippen LogP contribution in [-0.2, 0) is 11.4 Å². The minimum Gasteiger partial charge on any atom is -0.591 e. The van der Waals surface area contributed by atoms with Gasteiger partial charge in [0.15, 0.2) is 0 Å². The maximum Gasteiger partial charge on any atom is 0.150 e. The van der Waals surface area contributed by atoms with E-state index in [1.807, 2.05) is 40.7 Å². The van der Waals surface area contributed by atoms with E-state index in [2.05, 4.69) is 4.40 Å². The molecule has 0 aliphatic carbocycles. The first-order chi connectivity index (χ1) is 6.80. The molecule has 1 rings (SSSR count). The highest BCUT2D eigenvalue weighted by molar-refractivity contribution is 7.91. The van der Waals surface area contributed by atoms with E-state index >= 15 is 0 Å². The van der Waals surface area contributed by atoms with Crippen molar-refractivity contribution in [3.8, 4) is 0 Å². The molecule has 0 spiro atoms. The number of aryl methyl sites for hydroxylation is 2. The Labute approximate surface area is 93.9 Å².